The van der Waals surface area contributed by atoms with E-state index >= 15 is 0 Å². The fraction of sp³-hybridized carbons (Fsp3) is 0.667. The number of carbonyl (C=O) groups excluding carboxylic acids is 5. The fourth-order valence-electron chi connectivity index (χ4n) is 4.07. The van der Waals surface area contributed by atoms with Gasteiger partial charge in [0.25, 0.3) is 0 Å². The molecule has 2 aliphatic heterocycles. The van der Waals surface area contributed by atoms with Crippen molar-refractivity contribution in [3.63, 3.8) is 0 Å². The molecule has 0 radical (unpaired) electrons. The van der Waals surface area contributed by atoms with Crippen LogP contribution in [0.2, 0.25) is 0 Å². The van der Waals surface area contributed by atoms with E-state index in [1.807, 2.05) is 19.1 Å². The number of carbonyl (C=O) groups is 5. The van der Waals surface area contributed by atoms with Crippen LogP contribution < -0.4 is 0 Å². The van der Waals surface area contributed by atoms with Crippen LogP contribution in [0.15, 0.2) is 12.2 Å². The Hall–Kier alpha value is -2.51. The zero-order valence-corrected chi connectivity index (χ0v) is 16.9. The Morgan fingerprint density at radius 2 is 1.66 bits per heavy atom. The largest absolute Gasteiger partial charge is 0.469 e. The van der Waals surface area contributed by atoms with Crippen molar-refractivity contribution < 1.29 is 38.2 Å². The van der Waals surface area contributed by atoms with Gasteiger partial charge in [-0.3, -0.25) is 24.0 Å². The van der Waals surface area contributed by atoms with Gasteiger partial charge in [0.15, 0.2) is 0 Å². The quantitative estimate of drug-likeness (QED) is 0.168. The summed E-state index contributed by atoms with van der Waals surface area (Å²) in [5.41, 5.74) is 0. The molecule has 2 aliphatic rings. The summed E-state index contributed by atoms with van der Waals surface area (Å²) in [4.78, 5) is 58.5. The minimum atomic E-state index is -0.661. The van der Waals surface area contributed by atoms with Crippen LogP contribution in [0.5, 0.6) is 0 Å². The summed E-state index contributed by atoms with van der Waals surface area (Å²) < 4.78 is 14.0. The van der Waals surface area contributed by atoms with E-state index in [1.165, 1.54) is 7.11 Å². The van der Waals surface area contributed by atoms with Gasteiger partial charge in [0.1, 0.15) is 0 Å². The maximum atomic E-state index is 12.2. The topological polar surface area (TPSA) is 113 Å². The summed E-state index contributed by atoms with van der Waals surface area (Å²) in [6, 6.07) is 0. The van der Waals surface area contributed by atoms with Crippen LogP contribution in [-0.4, -0.2) is 37.0 Å². The van der Waals surface area contributed by atoms with E-state index in [9.17, 15) is 24.0 Å². The molecule has 29 heavy (non-hydrogen) atoms. The first kappa shape index (κ1) is 22.8. The predicted molar refractivity (Wildman–Crippen MR) is 99.9 cm³/mol. The number of rotatable bonds is 11. The molecule has 0 bridgehead atoms. The number of ether oxygens (including phenoxy) is 3. The molecule has 160 valence electrons. The SMILES string of the molecule is CCC(C1CC(=O)OC1=O)C(/C=C/CCCCCC(=O)OC)C1CC(=O)OC1=O. The van der Waals surface area contributed by atoms with Crippen LogP contribution in [0.1, 0.15) is 58.3 Å². The molecule has 0 aromatic heterocycles. The Labute approximate surface area is 169 Å². The van der Waals surface area contributed by atoms with Gasteiger partial charge in [-0.05, 0) is 31.1 Å². The van der Waals surface area contributed by atoms with Gasteiger partial charge in [0.05, 0.1) is 31.8 Å². The van der Waals surface area contributed by atoms with Crippen molar-refractivity contribution in [1.82, 2.24) is 0 Å². The van der Waals surface area contributed by atoms with Gasteiger partial charge in [0.2, 0.25) is 0 Å². The summed E-state index contributed by atoms with van der Waals surface area (Å²) in [7, 11) is 1.36. The average molecular weight is 408 g/mol. The third kappa shape index (κ3) is 6.24. The Morgan fingerprint density at radius 1 is 1.03 bits per heavy atom. The zero-order chi connectivity index (χ0) is 21.4. The van der Waals surface area contributed by atoms with Gasteiger partial charge >= 0.3 is 29.8 Å². The number of allylic oxidation sites excluding steroid dienone is 2. The molecule has 2 heterocycles. The Kier molecular flexibility index (Phi) is 8.54. The molecule has 4 unspecified atom stereocenters. The van der Waals surface area contributed by atoms with Crippen LogP contribution in [0.25, 0.3) is 0 Å². The predicted octanol–water partition coefficient (Wildman–Crippen LogP) is 2.49. The molecule has 0 aromatic rings. The van der Waals surface area contributed by atoms with E-state index in [-0.39, 0.29) is 24.7 Å². The molecule has 8 nitrogen and oxygen atoms in total. The molecule has 4 atom stereocenters. The molecule has 2 saturated heterocycles. The van der Waals surface area contributed by atoms with Gasteiger partial charge in [0, 0.05) is 6.42 Å². The van der Waals surface area contributed by atoms with Crippen molar-refractivity contribution in [2.45, 2.75) is 58.3 Å². The molecule has 0 saturated carbocycles. The first-order valence-corrected chi connectivity index (χ1v) is 10.1. The molecule has 0 spiro atoms. The highest BCUT2D eigenvalue weighted by atomic mass is 16.6. The number of unbranched alkanes of at least 4 members (excludes halogenated alkanes) is 3. The fourth-order valence-corrected chi connectivity index (χ4v) is 4.07. The summed E-state index contributed by atoms with van der Waals surface area (Å²) >= 11 is 0. The molecular weight excluding hydrogens is 380 g/mol. The summed E-state index contributed by atoms with van der Waals surface area (Å²) in [5, 5.41) is 0. The number of hydrogen-bond donors (Lipinski definition) is 0. The van der Waals surface area contributed by atoms with E-state index in [0.29, 0.717) is 12.8 Å². The molecule has 8 heteroatoms. The van der Waals surface area contributed by atoms with E-state index in [0.717, 1.165) is 25.7 Å². The van der Waals surface area contributed by atoms with Gasteiger partial charge in [-0.1, -0.05) is 31.9 Å². The van der Waals surface area contributed by atoms with Crippen LogP contribution in [0, 0.1) is 23.7 Å². The smallest absolute Gasteiger partial charge is 0.317 e. The number of methoxy groups -OCH3 is 1. The van der Waals surface area contributed by atoms with Crippen LogP contribution in [0.3, 0.4) is 0 Å². The highest BCUT2D eigenvalue weighted by molar-refractivity contribution is 5.96. The highest BCUT2D eigenvalue weighted by Crippen LogP contribution is 2.40. The molecule has 0 aromatic carbocycles. The lowest BCUT2D eigenvalue weighted by Gasteiger charge is -2.29. The summed E-state index contributed by atoms with van der Waals surface area (Å²) in [6.07, 6.45) is 7.89. The molecule has 2 fully saturated rings. The third-order valence-corrected chi connectivity index (χ3v) is 5.59. The van der Waals surface area contributed by atoms with Crippen molar-refractivity contribution in [3.8, 4) is 0 Å². The maximum absolute atomic E-state index is 12.2. The standard InChI is InChI=1S/C21H28O8/c1-3-13(15-11-18(23)28-20(15)25)14(16-12-19(24)29-21(16)26)9-7-5-4-6-8-10-17(22)27-2/h7,9,13-16H,3-6,8,10-12H2,1-2H3/b9-7+. The monoisotopic (exact) mass is 408 g/mol. The lowest BCUT2D eigenvalue weighted by atomic mass is 9.72. The van der Waals surface area contributed by atoms with Crippen LogP contribution >= 0.6 is 0 Å². The van der Waals surface area contributed by atoms with Gasteiger partial charge in [-0.15, -0.1) is 0 Å². The second-order valence-corrected chi connectivity index (χ2v) is 7.46. The molecular formula is C21H28O8. The van der Waals surface area contributed by atoms with Crippen molar-refractivity contribution >= 4 is 29.8 Å². The Balaban J connectivity index is 2.02. The first-order chi connectivity index (χ1) is 13.9. The van der Waals surface area contributed by atoms with Gasteiger partial charge in [-0.2, -0.15) is 0 Å². The van der Waals surface area contributed by atoms with E-state index in [1.54, 1.807) is 0 Å². The number of esters is 5. The zero-order valence-electron chi connectivity index (χ0n) is 16.9. The molecule has 0 N–H and O–H groups in total. The highest BCUT2D eigenvalue weighted by Gasteiger charge is 2.47. The van der Waals surface area contributed by atoms with Crippen molar-refractivity contribution in [2.75, 3.05) is 7.11 Å². The van der Waals surface area contributed by atoms with Crippen molar-refractivity contribution in [3.05, 3.63) is 12.2 Å². The Bertz CT molecular complexity index is 680. The van der Waals surface area contributed by atoms with Crippen LogP contribution in [0.4, 0.5) is 0 Å². The number of hydrogen-bond acceptors (Lipinski definition) is 8. The van der Waals surface area contributed by atoms with Gasteiger partial charge in [-0.25, -0.2) is 0 Å². The lowest BCUT2D eigenvalue weighted by Crippen LogP contribution is -2.32. The minimum Gasteiger partial charge on any atom is -0.469 e. The Morgan fingerprint density at radius 3 is 2.17 bits per heavy atom. The molecule has 2 rings (SSSR count). The van der Waals surface area contributed by atoms with Crippen LogP contribution in [-0.2, 0) is 38.2 Å². The molecule has 0 amide bonds. The normalized spacial score (nSPS) is 23.9. The van der Waals surface area contributed by atoms with E-state index in [4.69, 9.17) is 9.47 Å². The van der Waals surface area contributed by atoms with Crippen molar-refractivity contribution in [1.29, 1.82) is 0 Å². The lowest BCUT2D eigenvalue weighted by molar-refractivity contribution is -0.156. The first-order valence-electron chi connectivity index (χ1n) is 10.1. The van der Waals surface area contributed by atoms with Gasteiger partial charge < -0.3 is 14.2 Å². The third-order valence-electron chi connectivity index (χ3n) is 5.59. The maximum Gasteiger partial charge on any atom is 0.317 e. The summed E-state index contributed by atoms with van der Waals surface area (Å²) in [6.45, 7) is 1.89. The summed E-state index contributed by atoms with van der Waals surface area (Å²) in [5.74, 6) is -4.48. The van der Waals surface area contributed by atoms with E-state index < -0.39 is 41.6 Å². The second kappa shape index (κ2) is 10.9. The average Bonchev–Trinajstić information content (AvgIpc) is 3.19. The molecule has 0 aliphatic carbocycles. The second-order valence-electron chi connectivity index (χ2n) is 7.46. The van der Waals surface area contributed by atoms with Crippen molar-refractivity contribution in [2.24, 2.45) is 23.7 Å². The minimum absolute atomic E-state index is 0.00901. The van der Waals surface area contributed by atoms with E-state index in [2.05, 4.69) is 4.74 Å². The number of cyclic esters (lactones) is 4.